The zero-order chi connectivity index (χ0) is 20.5. The van der Waals surface area contributed by atoms with Gasteiger partial charge >= 0.3 is 0 Å². The van der Waals surface area contributed by atoms with Gasteiger partial charge in [0.2, 0.25) is 0 Å². The minimum atomic E-state index is -0.150. The van der Waals surface area contributed by atoms with Gasteiger partial charge in [-0.15, -0.1) is 0 Å². The Morgan fingerprint density at radius 1 is 1.31 bits per heavy atom. The number of pyridine rings is 1. The highest BCUT2D eigenvalue weighted by Crippen LogP contribution is 2.30. The number of hydrogen-bond acceptors (Lipinski definition) is 6. The van der Waals surface area contributed by atoms with E-state index in [4.69, 9.17) is 13.7 Å². The maximum Gasteiger partial charge on any atom is 0.259 e. The summed E-state index contributed by atoms with van der Waals surface area (Å²) in [4.78, 5) is 17.7. The Morgan fingerprint density at radius 2 is 2.14 bits per heavy atom. The lowest BCUT2D eigenvalue weighted by molar-refractivity contribution is 0.0900. The Balaban J connectivity index is 1.60. The Morgan fingerprint density at radius 3 is 2.83 bits per heavy atom. The summed E-state index contributed by atoms with van der Waals surface area (Å²) in [6.07, 6.45) is 4.39. The molecule has 0 spiro atoms. The molecular weight excluding hydrogens is 370 g/mol. The van der Waals surface area contributed by atoms with Crippen molar-refractivity contribution in [2.24, 2.45) is 0 Å². The Kier molecular flexibility index (Phi) is 5.41. The van der Waals surface area contributed by atoms with Crippen molar-refractivity contribution >= 4 is 17.0 Å². The lowest BCUT2D eigenvalue weighted by Gasteiger charge is -2.17. The molecule has 1 N–H and O–H groups in total. The van der Waals surface area contributed by atoms with Crippen molar-refractivity contribution in [2.45, 2.75) is 65.5 Å². The van der Waals surface area contributed by atoms with Gasteiger partial charge in [-0.3, -0.25) is 4.79 Å². The predicted octanol–water partition coefficient (Wildman–Crippen LogP) is 4.49. The SMILES string of the molecule is Cc1cc(-c2cc(C(=O)NC(C)CCC3CCCO3)c3c(C)noc3n2)c(C)o1. The average molecular weight is 397 g/mol. The highest BCUT2D eigenvalue weighted by molar-refractivity contribution is 6.07. The molecule has 154 valence electrons. The van der Waals surface area contributed by atoms with E-state index < -0.39 is 0 Å². The van der Waals surface area contributed by atoms with Crippen LogP contribution in [0.2, 0.25) is 0 Å². The molecule has 1 fully saturated rings. The van der Waals surface area contributed by atoms with Crippen molar-refractivity contribution in [1.82, 2.24) is 15.5 Å². The minimum Gasteiger partial charge on any atom is -0.466 e. The van der Waals surface area contributed by atoms with Crippen LogP contribution in [0.3, 0.4) is 0 Å². The first-order chi connectivity index (χ1) is 13.9. The second-order valence-corrected chi connectivity index (χ2v) is 7.92. The molecular formula is C22H27N3O4. The molecule has 0 radical (unpaired) electrons. The number of amides is 1. The van der Waals surface area contributed by atoms with Crippen LogP contribution in [0, 0.1) is 20.8 Å². The zero-order valence-electron chi connectivity index (χ0n) is 17.4. The summed E-state index contributed by atoms with van der Waals surface area (Å²) in [5.74, 6) is 1.39. The van der Waals surface area contributed by atoms with E-state index in [1.807, 2.05) is 33.8 Å². The van der Waals surface area contributed by atoms with Crippen molar-refractivity contribution in [3.63, 3.8) is 0 Å². The van der Waals surface area contributed by atoms with Crippen molar-refractivity contribution < 1.29 is 18.5 Å². The van der Waals surface area contributed by atoms with Gasteiger partial charge in [-0.2, -0.15) is 0 Å². The molecule has 7 nitrogen and oxygen atoms in total. The first-order valence-electron chi connectivity index (χ1n) is 10.2. The minimum absolute atomic E-state index is 0.0384. The quantitative estimate of drug-likeness (QED) is 0.659. The molecule has 4 rings (SSSR count). The van der Waals surface area contributed by atoms with Crippen molar-refractivity contribution in [2.75, 3.05) is 6.61 Å². The first-order valence-corrected chi connectivity index (χ1v) is 10.2. The maximum absolute atomic E-state index is 13.1. The first kappa shape index (κ1) is 19.6. The van der Waals surface area contributed by atoms with Gasteiger partial charge in [-0.05, 0) is 65.5 Å². The number of nitrogens with zero attached hydrogens (tertiary/aromatic N) is 2. The van der Waals surface area contributed by atoms with E-state index in [0.29, 0.717) is 34.2 Å². The molecule has 4 heterocycles. The van der Waals surface area contributed by atoms with Crippen LogP contribution in [0.4, 0.5) is 0 Å². The molecule has 0 bridgehead atoms. The van der Waals surface area contributed by atoms with Crippen molar-refractivity contribution in [1.29, 1.82) is 0 Å². The fraction of sp³-hybridized carbons (Fsp3) is 0.500. The molecule has 0 aliphatic carbocycles. The lowest BCUT2D eigenvalue weighted by Crippen LogP contribution is -2.33. The molecule has 3 aromatic rings. The zero-order valence-corrected chi connectivity index (χ0v) is 17.4. The number of nitrogens with one attached hydrogen (secondary N) is 1. The van der Waals surface area contributed by atoms with Gasteiger partial charge < -0.3 is 19.0 Å². The third-order valence-corrected chi connectivity index (χ3v) is 5.50. The molecule has 0 saturated carbocycles. The van der Waals surface area contributed by atoms with Gasteiger partial charge in [0.1, 0.15) is 11.5 Å². The fourth-order valence-electron chi connectivity index (χ4n) is 3.98. The van der Waals surface area contributed by atoms with Gasteiger partial charge in [-0.25, -0.2) is 4.98 Å². The van der Waals surface area contributed by atoms with Crippen LogP contribution in [0.25, 0.3) is 22.4 Å². The maximum atomic E-state index is 13.1. The van der Waals surface area contributed by atoms with Gasteiger partial charge in [-0.1, -0.05) is 5.16 Å². The van der Waals surface area contributed by atoms with Crippen LogP contribution in [0.1, 0.15) is 60.2 Å². The number of carbonyl (C=O) groups excluding carboxylic acids is 1. The standard InChI is InChI=1S/C22H27N3O4/c1-12(7-8-16-6-5-9-27-16)23-21(26)18-11-19(17-10-13(2)28-15(17)4)24-22-20(18)14(3)25-29-22/h10-12,16H,5-9H2,1-4H3,(H,23,26). The van der Waals surface area contributed by atoms with Gasteiger partial charge in [0, 0.05) is 18.2 Å². The summed E-state index contributed by atoms with van der Waals surface area (Å²) >= 11 is 0. The molecule has 1 amide bonds. The molecule has 29 heavy (non-hydrogen) atoms. The fourth-order valence-corrected chi connectivity index (χ4v) is 3.98. The molecule has 0 aromatic carbocycles. The van der Waals surface area contributed by atoms with E-state index in [9.17, 15) is 4.79 Å². The Labute approximate surface area is 169 Å². The summed E-state index contributed by atoms with van der Waals surface area (Å²) in [6.45, 7) is 8.46. The number of fused-ring (bicyclic) bond motifs is 1. The van der Waals surface area contributed by atoms with E-state index >= 15 is 0 Å². The van der Waals surface area contributed by atoms with Gasteiger partial charge in [0.25, 0.3) is 11.6 Å². The number of aryl methyl sites for hydroxylation is 3. The monoisotopic (exact) mass is 397 g/mol. The summed E-state index contributed by atoms with van der Waals surface area (Å²) < 4.78 is 16.7. The molecule has 1 aliphatic heterocycles. The Bertz CT molecular complexity index is 1030. The molecule has 1 aliphatic rings. The number of ether oxygens (including phenoxy) is 1. The summed E-state index contributed by atoms with van der Waals surface area (Å²) in [5.41, 5.74) is 3.01. The van der Waals surface area contributed by atoms with Gasteiger partial charge in [0.15, 0.2) is 0 Å². The molecule has 3 aromatic heterocycles. The van der Waals surface area contributed by atoms with Crippen molar-refractivity contribution in [3.8, 4) is 11.3 Å². The van der Waals surface area contributed by atoms with E-state index in [1.165, 1.54) is 0 Å². The van der Waals surface area contributed by atoms with Crippen LogP contribution in [-0.4, -0.2) is 34.8 Å². The number of aromatic nitrogens is 2. The number of hydrogen-bond donors (Lipinski definition) is 1. The predicted molar refractivity (Wildman–Crippen MR) is 109 cm³/mol. The molecule has 7 heteroatoms. The van der Waals surface area contributed by atoms with Crippen LogP contribution < -0.4 is 5.32 Å². The highest BCUT2D eigenvalue weighted by Gasteiger charge is 2.23. The van der Waals surface area contributed by atoms with Crippen LogP contribution in [0.5, 0.6) is 0 Å². The smallest absolute Gasteiger partial charge is 0.259 e. The van der Waals surface area contributed by atoms with E-state index in [1.54, 1.807) is 6.07 Å². The molecule has 2 atom stereocenters. The van der Waals surface area contributed by atoms with E-state index in [2.05, 4.69) is 15.5 Å². The summed E-state index contributed by atoms with van der Waals surface area (Å²) in [5, 5.41) is 7.77. The summed E-state index contributed by atoms with van der Waals surface area (Å²) in [7, 11) is 0. The second-order valence-electron chi connectivity index (χ2n) is 7.92. The number of rotatable bonds is 6. The lowest BCUT2D eigenvalue weighted by atomic mass is 10.0. The topological polar surface area (TPSA) is 90.4 Å². The number of carbonyl (C=O) groups is 1. The summed E-state index contributed by atoms with van der Waals surface area (Å²) in [6, 6.07) is 3.75. The Hall–Kier alpha value is -2.67. The molecule has 2 unspecified atom stereocenters. The van der Waals surface area contributed by atoms with Crippen LogP contribution in [-0.2, 0) is 4.74 Å². The van der Waals surface area contributed by atoms with Crippen LogP contribution in [0.15, 0.2) is 21.1 Å². The number of furan rings is 1. The molecule has 1 saturated heterocycles. The third kappa shape index (κ3) is 4.05. The average Bonchev–Trinajstić information content (AvgIpc) is 3.40. The van der Waals surface area contributed by atoms with Crippen LogP contribution >= 0.6 is 0 Å². The second kappa shape index (κ2) is 7.99. The van der Waals surface area contributed by atoms with Crippen molar-refractivity contribution in [3.05, 3.63) is 34.9 Å². The largest absolute Gasteiger partial charge is 0.466 e. The highest BCUT2D eigenvalue weighted by atomic mass is 16.5. The van der Waals surface area contributed by atoms with E-state index in [-0.39, 0.29) is 11.9 Å². The third-order valence-electron chi connectivity index (χ3n) is 5.50. The van der Waals surface area contributed by atoms with Gasteiger partial charge in [0.05, 0.1) is 28.4 Å². The normalized spacial score (nSPS) is 17.7. The van der Waals surface area contributed by atoms with E-state index in [0.717, 1.165) is 49.4 Å².